The van der Waals surface area contributed by atoms with Crippen LogP contribution in [-0.4, -0.2) is 10.9 Å². The minimum Gasteiger partial charge on any atom is -0.449 e. The van der Waals surface area contributed by atoms with Gasteiger partial charge >= 0.3 is 0 Å². The SMILES string of the molecule is [2H]C([2H])(O)c1c(C)c(C)c2c(c1C)OC(C)(C)O2. The molecule has 0 amide bonds. The second-order valence-electron chi connectivity index (χ2n) is 4.62. The van der Waals surface area contributed by atoms with Crippen molar-refractivity contribution < 1.29 is 17.3 Å². The van der Waals surface area contributed by atoms with Gasteiger partial charge in [-0.05, 0) is 37.5 Å². The third-order valence-electron chi connectivity index (χ3n) is 3.01. The Morgan fingerprint density at radius 3 is 2.06 bits per heavy atom. The predicted molar refractivity (Wildman–Crippen MR) is 61.9 cm³/mol. The molecule has 1 N–H and O–H groups in total. The van der Waals surface area contributed by atoms with Crippen molar-refractivity contribution in [2.45, 2.75) is 47.0 Å². The Morgan fingerprint density at radius 1 is 1.06 bits per heavy atom. The molecular weight excluding hydrogens is 204 g/mol. The van der Waals surface area contributed by atoms with Gasteiger partial charge in [-0.25, -0.2) is 0 Å². The zero-order valence-electron chi connectivity index (χ0n) is 12.3. The summed E-state index contributed by atoms with van der Waals surface area (Å²) >= 11 is 0. The van der Waals surface area contributed by atoms with Crippen LogP contribution in [0.25, 0.3) is 0 Å². The molecule has 0 aliphatic carbocycles. The average Bonchev–Trinajstić information content (AvgIpc) is 2.49. The van der Waals surface area contributed by atoms with E-state index in [2.05, 4.69) is 0 Å². The number of fused-ring (bicyclic) bond motifs is 1. The molecule has 88 valence electrons. The summed E-state index contributed by atoms with van der Waals surface area (Å²) in [7, 11) is 0. The molecule has 16 heavy (non-hydrogen) atoms. The lowest BCUT2D eigenvalue weighted by Gasteiger charge is -2.16. The van der Waals surface area contributed by atoms with E-state index in [1.165, 1.54) is 0 Å². The summed E-state index contributed by atoms with van der Waals surface area (Å²) in [5.41, 5.74) is 2.35. The zero-order valence-corrected chi connectivity index (χ0v) is 10.3. The Kier molecular flexibility index (Phi) is 1.88. The number of hydrogen-bond acceptors (Lipinski definition) is 3. The Morgan fingerprint density at radius 2 is 1.56 bits per heavy atom. The van der Waals surface area contributed by atoms with Crippen molar-refractivity contribution in [3.63, 3.8) is 0 Å². The topological polar surface area (TPSA) is 38.7 Å². The molecule has 0 bridgehead atoms. The molecule has 0 saturated carbocycles. The smallest absolute Gasteiger partial charge is 0.246 e. The first-order chi connectivity index (χ1) is 8.04. The van der Waals surface area contributed by atoms with Gasteiger partial charge in [0.15, 0.2) is 11.5 Å². The van der Waals surface area contributed by atoms with Crippen molar-refractivity contribution in [2.24, 2.45) is 0 Å². The number of ether oxygens (including phenoxy) is 2. The van der Waals surface area contributed by atoms with Gasteiger partial charge in [0.05, 0.1) is 9.30 Å². The summed E-state index contributed by atoms with van der Waals surface area (Å²) in [6, 6.07) is 0. The molecule has 0 fully saturated rings. The molecular formula is C13H18O3. The van der Waals surface area contributed by atoms with Crippen molar-refractivity contribution in [2.75, 3.05) is 0 Å². The van der Waals surface area contributed by atoms with Gasteiger partial charge in [0.2, 0.25) is 5.79 Å². The van der Waals surface area contributed by atoms with Gasteiger partial charge in [0.25, 0.3) is 0 Å². The fraction of sp³-hybridized carbons (Fsp3) is 0.538. The quantitative estimate of drug-likeness (QED) is 0.797. The van der Waals surface area contributed by atoms with E-state index in [9.17, 15) is 5.11 Å². The predicted octanol–water partition coefficient (Wildman–Crippen LogP) is 2.61. The Hall–Kier alpha value is -1.22. The number of hydrogen-bond donors (Lipinski definition) is 1. The second kappa shape index (κ2) is 3.39. The highest BCUT2D eigenvalue weighted by atomic mass is 16.7. The molecule has 0 saturated heterocycles. The van der Waals surface area contributed by atoms with Gasteiger partial charge in [0.1, 0.15) is 0 Å². The lowest BCUT2D eigenvalue weighted by atomic mass is 9.97. The molecule has 0 aromatic heterocycles. The van der Waals surface area contributed by atoms with Gasteiger partial charge in [-0.15, -0.1) is 0 Å². The van der Waals surface area contributed by atoms with E-state index in [0.717, 1.165) is 5.56 Å². The molecule has 1 aromatic carbocycles. The highest BCUT2D eigenvalue weighted by molar-refractivity contribution is 5.60. The molecule has 3 nitrogen and oxygen atoms in total. The van der Waals surface area contributed by atoms with Crippen LogP contribution in [0.3, 0.4) is 0 Å². The summed E-state index contributed by atoms with van der Waals surface area (Å²) < 4.78 is 26.5. The summed E-state index contributed by atoms with van der Waals surface area (Å²) in [5, 5.41) is 9.67. The van der Waals surface area contributed by atoms with E-state index in [-0.39, 0.29) is 5.56 Å². The van der Waals surface area contributed by atoms with Crippen LogP contribution in [-0.2, 0) is 6.56 Å². The fourth-order valence-electron chi connectivity index (χ4n) is 2.02. The summed E-state index contributed by atoms with van der Waals surface area (Å²) in [4.78, 5) is 0. The zero-order chi connectivity index (χ0) is 13.9. The first-order valence-electron chi connectivity index (χ1n) is 6.29. The molecule has 0 unspecified atom stereocenters. The van der Waals surface area contributed by atoms with Crippen LogP contribution >= 0.6 is 0 Å². The van der Waals surface area contributed by atoms with Gasteiger partial charge in [-0.3, -0.25) is 0 Å². The number of rotatable bonds is 1. The first kappa shape index (κ1) is 8.88. The van der Waals surface area contributed by atoms with Crippen LogP contribution in [0.4, 0.5) is 0 Å². The number of aliphatic hydroxyl groups is 1. The maximum absolute atomic E-state index is 9.67. The average molecular weight is 224 g/mol. The Labute approximate surface area is 98.8 Å². The van der Waals surface area contributed by atoms with Gasteiger partial charge in [-0.1, -0.05) is 0 Å². The van der Waals surface area contributed by atoms with E-state index in [0.29, 0.717) is 22.6 Å². The van der Waals surface area contributed by atoms with Crippen LogP contribution in [0, 0.1) is 20.8 Å². The molecule has 0 atom stereocenters. The van der Waals surface area contributed by atoms with E-state index in [4.69, 9.17) is 12.2 Å². The Bertz CT molecular complexity index is 516. The van der Waals surface area contributed by atoms with Crippen LogP contribution in [0.2, 0.25) is 0 Å². The van der Waals surface area contributed by atoms with Crippen LogP contribution in [0.5, 0.6) is 11.5 Å². The van der Waals surface area contributed by atoms with E-state index in [1.54, 1.807) is 27.7 Å². The fourth-order valence-corrected chi connectivity index (χ4v) is 2.02. The maximum atomic E-state index is 9.67. The highest BCUT2D eigenvalue weighted by Gasteiger charge is 2.35. The lowest BCUT2D eigenvalue weighted by Crippen LogP contribution is -2.30. The van der Waals surface area contributed by atoms with Crippen LogP contribution in [0.15, 0.2) is 0 Å². The summed E-state index contributed by atoms with van der Waals surface area (Å²) in [6.07, 6.45) is 0. The van der Waals surface area contributed by atoms with Gasteiger partial charge in [-0.2, -0.15) is 0 Å². The lowest BCUT2D eigenvalue weighted by molar-refractivity contribution is -0.0437. The molecule has 1 aliphatic rings. The van der Waals surface area contributed by atoms with Crippen molar-refractivity contribution in [1.82, 2.24) is 0 Å². The third kappa shape index (κ3) is 1.47. The molecule has 2 rings (SSSR count). The minimum absolute atomic E-state index is 0.264. The standard InChI is InChI=1S/C13H18O3/c1-7-8(2)11-12(9(3)10(7)6-14)16-13(4,5)15-11/h14H,6H2,1-5H3/i6D2. The maximum Gasteiger partial charge on any atom is 0.246 e. The molecule has 1 aliphatic heterocycles. The number of benzene rings is 1. The summed E-state index contributed by atoms with van der Waals surface area (Å²) in [6.45, 7) is 6.57. The normalized spacial score (nSPS) is 19.4. The van der Waals surface area contributed by atoms with Crippen molar-refractivity contribution in [3.8, 4) is 11.5 Å². The molecule has 1 aromatic rings. The van der Waals surface area contributed by atoms with E-state index in [1.807, 2.05) is 6.92 Å². The van der Waals surface area contributed by atoms with Crippen molar-refractivity contribution >= 4 is 0 Å². The molecule has 3 heteroatoms. The van der Waals surface area contributed by atoms with E-state index >= 15 is 0 Å². The van der Waals surface area contributed by atoms with Gasteiger partial charge in [0, 0.05) is 19.4 Å². The van der Waals surface area contributed by atoms with Crippen LogP contribution < -0.4 is 9.47 Å². The van der Waals surface area contributed by atoms with Gasteiger partial charge < -0.3 is 14.6 Å². The van der Waals surface area contributed by atoms with Crippen molar-refractivity contribution in [3.05, 3.63) is 22.3 Å². The Balaban J connectivity index is 2.74. The molecule has 0 radical (unpaired) electrons. The van der Waals surface area contributed by atoms with Crippen molar-refractivity contribution in [1.29, 1.82) is 0 Å². The van der Waals surface area contributed by atoms with Crippen LogP contribution in [0.1, 0.15) is 38.8 Å². The largest absolute Gasteiger partial charge is 0.449 e. The third-order valence-corrected chi connectivity index (χ3v) is 3.01. The molecule has 1 heterocycles. The first-order valence-corrected chi connectivity index (χ1v) is 5.29. The molecule has 0 spiro atoms. The second-order valence-corrected chi connectivity index (χ2v) is 4.62. The monoisotopic (exact) mass is 224 g/mol. The summed E-state index contributed by atoms with van der Waals surface area (Å²) in [5.74, 6) is 0.407. The van der Waals surface area contributed by atoms with E-state index < -0.39 is 12.3 Å². The highest BCUT2D eigenvalue weighted by Crippen LogP contribution is 2.46. The minimum atomic E-state index is -2.38.